The minimum absolute atomic E-state index is 0.0248. The van der Waals surface area contributed by atoms with Gasteiger partial charge in [-0.1, -0.05) is 35.5 Å². The number of benzene rings is 2. The third-order valence-corrected chi connectivity index (χ3v) is 4.16. The monoisotopic (exact) mass is 410 g/mol. The van der Waals surface area contributed by atoms with Crippen LogP contribution in [-0.2, 0) is 22.7 Å². The predicted octanol–water partition coefficient (Wildman–Crippen LogP) is 2.74. The third-order valence-electron chi connectivity index (χ3n) is 4.16. The van der Waals surface area contributed by atoms with E-state index in [9.17, 15) is 14.0 Å². The van der Waals surface area contributed by atoms with Crippen molar-refractivity contribution in [1.82, 2.24) is 19.9 Å². The van der Waals surface area contributed by atoms with Crippen molar-refractivity contribution in [3.05, 3.63) is 76.4 Å². The fourth-order valence-electron chi connectivity index (χ4n) is 2.58. The first-order valence-electron chi connectivity index (χ1n) is 8.88. The summed E-state index contributed by atoms with van der Waals surface area (Å²) in [6.45, 7) is 0.890. The van der Waals surface area contributed by atoms with Gasteiger partial charge in [0.15, 0.2) is 6.61 Å². The van der Waals surface area contributed by atoms with Gasteiger partial charge in [-0.2, -0.15) is 9.67 Å². The Morgan fingerprint density at radius 3 is 2.73 bits per heavy atom. The Kier molecular flexibility index (Phi) is 5.21. The number of halogens is 1. The molecule has 2 heterocycles. The van der Waals surface area contributed by atoms with Crippen molar-refractivity contribution in [2.75, 3.05) is 0 Å². The maximum absolute atomic E-state index is 13.7. The number of esters is 1. The van der Waals surface area contributed by atoms with E-state index in [-0.39, 0.29) is 24.2 Å². The number of nitrogens with zero attached hydrogens (tertiary/aromatic N) is 4. The number of carbonyl (C=O) groups excluding carboxylic acids is 1. The Labute approximate surface area is 168 Å². The van der Waals surface area contributed by atoms with Gasteiger partial charge in [0.25, 0.3) is 5.89 Å². The van der Waals surface area contributed by atoms with Gasteiger partial charge >= 0.3 is 11.7 Å². The lowest BCUT2D eigenvalue weighted by Gasteiger charge is -2.00. The first kappa shape index (κ1) is 19.2. The van der Waals surface area contributed by atoms with Gasteiger partial charge in [-0.15, -0.1) is 5.10 Å². The Bertz CT molecular complexity index is 1250. The van der Waals surface area contributed by atoms with E-state index in [4.69, 9.17) is 13.7 Å². The molecule has 4 aromatic rings. The molecule has 2 aromatic carbocycles. The van der Waals surface area contributed by atoms with E-state index in [1.54, 1.807) is 43.3 Å². The summed E-state index contributed by atoms with van der Waals surface area (Å²) in [6, 6.07) is 13.3. The first-order chi connectivity index (χ1) is 14.5. The highest BCUT2D eigenvalue weighted by atomic mass is 19.1. The van der Waals surface area contributed by atoms with Crippen LogP contribution in [0.3, 0.4) is 0 Å². The van der Waals surface area contributed by atoms with E-state index in [1.807, 2.05) is 6.07 Å². The third kappa shape index (κ3) is 4.17. The van der Waals surface area contributed by atoms with Crippen LogP contribution in [0.25, 0.3) is 22.8 Å². The number of aryl methyl sites for hydroxylation is 1. The molecule has 0 radical (unpaired) electrons. The quantitative estimate of drug-likeness (QED) is 0.446. The summed E-state index contributed by atoms with van der Waals surface area (Å²) >= 11 is 0. The number of hydrogen-bond acceptors (Lipinski definition) is 8. The molecule has 0 amide bonds. The first-order valence-corrected chi connectivity index (χ1v) is 8.88. The zero-order valence-electron chi connectivity index (χ0n) is 15.7. The lowest BCUT2D eigenvalue weighted by atomic mass is 10.1. The van der Waals surface area contributed by atoms with Crippen LogP contribution in [0, 0.1) is 12.7 Å². The normalized spacial score (nSPS) is 10.9. The summed E-state index contributed by atoms with van der Waals surface area (Å²) in [5, 5.41) is 7.73. The van der Waals surface area contributed by atoms with Gasteiger partial charge in [-0.05, 0) is 30.7 Å². The van der Waals surface area contributed by atoms with E-state index >= 15 is 0 Å². The van der Waals surface area contributed by atoms with Crippen molar-refractivity contribution in [1.29, 1.82) is 0 Å². The van der Waals surface area contributed by atoms with Gasteiger partial charge in [0.05, 0.1) is 0 Å². The standard InChI is InChI=1S/C20H15FN4O5/c1-12-7-8-14(9-15(12)21)18-22-16(30-24-18)11-28-17(26)10-25-20(27)29-19(23-25)13-5-3-2-4-6-13/h2-9H,10-11H2,1H3. The average Bonchev–Trinajstić information content (AvgIpc) is 3.36. The molecule has 2 aromatic heterocycles. The second kappa shape index (κ2) is 8.11. The van der Waals surface area contributed by atoms with Crippen molar-refractivity contribution < 1.29 is 22.9 Å². The summed E-state index contributed by atoms with van der Waals surface area (Å²) < 4.78 is 29.6. The Morgan fingerprint density at radius 1 is 1.17 bits per heavy atom. The average molecular weight is 410 g/mol. The molecule has 0 unspecified atom stereocenters. The summed E-state index contributed by atoms with van der Waals surface area (Å²) in [6.07, 6.45) is 0. The molecule has 0 aliphatic carbocycles. The molecule has 0 aliphatic rings. The molecule has 0 spiro atoms. The SMILES string of the molecule is Cc1ccc(-c2noc(COC(=O)Cn3nc(-c4ccccc4)oc3=O)n2)cc1F. The Morgan fingerprint density at radius 2 is 1.97 bits per heavy atom. The van der Waals surface area contributed by atoms with Gasteiger partial charge in [0.2, 0.25) is 11.7 Å². The number of ether oxygens (including phenoxy) is 1. The van der Waals surface area contributed by atoms with Crippen LogP contribution in [0.1, 0.15) is 11.5 Å². The second-order valence-corrected chi connectivity index (χ2v) is 6.33. The maximum Gasteiger partial charge on any atom is 0.437 e. The highest BCUT2D eigenvalue weighted by molar-refractivity contribution is 5.69. The molecular formula is C20H15FN4O5. The lowest BCUT2D eigenvalue weighted by molar-refractivity contribution is -0.146. The highest BCUT2D eigenvalue weighted by Crippen LogP contribution is 2.19. The van der Waals surface area contributed by atoms with E-state index in [1.165, 1.54) is 6.07 Å². The molecule has 0 saturated heterocycles. The minimum Gasteiger partial charge on any atom is -0.454 e. The van der Waals surface area contributed by atoms with Crippen LogP contribution in [-0.4, -0.2) is 25.9 Å². The summed E-state index contributed by atoms with van der Waals surface area (Å²) in [4.78, 5) is 28.0. The van der Waals surface area contributed by atoms with Crippen molar-refractivity contribution >= 4 is 5.97 Å². The van der Waals surface area contributed by atoms with Crippen molar-refractivity contribution in [3.8, 4) is 22.8 Å². The summed E-state index contributed by atoms with van der Waals surface area (Å²) in [7, 11) is 0. The smallest absolute Gasteiger partial charge is 0.437 e. The molecule has 0 saturated carbocycles. The summed E-state index contributed by atoms with van der Waals surface area (Å²) in [5.41, 5.74) is 1.53. The number of rotatable bonds is 6. The molecule has 0 aliphatic heterocycles. The molecule has 4 rings (SSSR count). The zero-order valence-corrected chi connectivity index (χ0v) is 15.7. The van der Waals surface area contributed by atoms with Crippen molar-refractivity contribution in [2.24, 2.45) is 0 Å². The van der Waals surface area contributed by atoms with E-state index in [0.29, 0.717) is 16.7 Å². The van der Waals surface area contributed by atoms with E-state index < -0.39 is 24.1 Å². The molecule has 152 valence electrons. The van der Waals surface area contributed by atoms with Crippen molar-refractivity contribution in [2.45, 2.75) is 20.1 Å². The molecule has 0 N–H and O–H groups in total. The maximum atomic E-state index is 13.7. The number of aromatic nitrogens is 4. The number of hydrogen-bond donors (Lipinski definition) is 0. The van der Waals surface area contributed by atoms with Crippen LogP contribution in [0.4, 0.5) is 4.39 Å². The van der Waals surface area contributed by atoms with Gasteiger partial charge in [-0.3, -0.25) is 4.79 Å². The minimum atomic E-state index is -0.785. The van der Waals surface area contributed by atoms with Crippen molar-refractivity contribution in [3.63, 3.8) is 0 Å². The van der Waals surface area contributed by atoms with Gasteiger partial charge in [0.1, 0.15) is 12.4 Å². The molecular weight excluding hydrogens is 395 g/mol. The molecule has 10 heteroatoms. The largest absolute Gasteiger partial charge is 0.454 e. The van der Waals surface area contributed by atoms with Gasteiger partial charge in [-0.25, -0.2) is 9.18 Å². The lowest BCUT2D eigenvalue weighted by Crippen LogP contribution is -2.23. The van der Waals surface area contributed by atoms with E-state index in [2.05, 4.69) is 15.2 Å². The Balaban J connectivity index is 1.38. The van der Waals surface area contributed by atoms with E-state index in [0.717, 1.165) is 4.68 Å². The molecule has 30 heavy (non-hydrogen) atoms. The van der Waals surface area contributed by atoms with Gasteiger partial charge < -0.3 is 13.7 Å². The molecule has 9 nitrogen and oxygen atoms in total. The molecule has 0 atom stereocenters. The molecule has 0 fully saturated rings. The summed E-state index contributed by atoms with van der Waals surface area (Å²) in [5.74, 6) is -1.63. The second-order valence-electron chi connectivity index (χ2n) is 6.33. The topological polar surface area (TPSA) is 113 Å². The highest BCUT2D eigenvalue weighted by Gasteiger charge is 2.16. The van der Waals surface area contributed by atoms with Crippen LogP contribution < -0.4 is 5.76 Å². The van der Waals surface area contributed by atoms with Crippen LogP contribution in [0.15, 0.2) is 62.3 Å². The Hall–Kier alpha value is -4.08. The van der Waals surface area contributed by atoms with Crippen LogP contribution in [0.5, 0.6) is 0 Å². The zero-order chi connectivity index (χ0) is 21.1. The van der Waals surface area contributed by atoms with Crippen LogP contribution >= 0.6 is 0 Å². The predicted molar refractivity (Wildman–Crippen MR) is 100 cm³/mol. The van der Waals surface area contributed by atoms with Crippen LogP contribution in [0.2, 0.25) is 0 Å². The van der Waals surface area contributed by atoms with Gasteiger partial charge in [0, 0.05) is 11.1 Å². The molecule has 0 bridgehead atoms. The number of carbonyl (C=O) groups is 1. The fourth-order valence-corrected chi connectivity index (χ4v) is 2.58. The fraction of sp³-hybridized carbons (Fsp3) is 0.150.